The molecule has 0 bridgehead atoms. The number of nitrogens with zero attached hydrogens (tertiary/aromatic N) is 2. The molecule has 114 valence electrons. The zero-order chi connectivity index (χ0) is 15.1. The van der Waals surface area contributed by atoms with Gasteiger partial charge in [0, 0.05) is 25.7 Å². The van der Waals surface area contributed by atoms with Crippen molar-refractivity contribution in [1.29, 1.82) is 0 Å². The Bertz CT molecular complexity index is 533. The number of ether oxygens (including phenoxy) is 1. The Balaban J connectivity index is 1.98. The molecule has 0 amide bonds. The third kappa shape index (κ3) is 4.60. The first-order valence-electron chi connectivity index (χ1n) is 7.61. The summed E-state index contributed by atoms with van der Waals surface area (Å²) in [6.07, 6.45) is 5.12. The van der Waals surface area contributed by atoms with E-state index in [-0.39, 0.29) is 6.04 Å². The fourth-order valence-corrected chi connectivity index (χ4v) is 2.30. The van der Waals surface area contributed by atoms with Crippen LogP contribution < -0.4 is 10.1 Å². The number of hydrogen-bond acceptors (Lipinski definition) is 3. The van der Waals surface area contributed by atoms with Crippen LogP contribution in [0.5, 0.6) is 5.75 Å². The van der Waals surface area contributed by atoms with Gasteiger partial charge in [-0.05, 0) is 37.2 Å². The van der Waals surface area contributed by atoms with E-state index in [2.05, 4.69) is 35.5 Å². The maximum atomic E-state index is 5.70. The summed E-state index contributed by atoms with van der Waals surface area (Å²) < 4.78 is 7.54. The van der Waals surface area contributed by atoms with E-state index in [0.717, 1.165) is 37.3 Å². The van der Waals surface area contributed by atoms with Gasteiger partial charge in [0.15, 0.2) is 0 Å². The molecular formula is C17H25N3O. The van der Waals surface area contributed by atoms with Gasteiger partial charge in [-0.2, -0.15) is 5.10 Å². The minimum atomic E-state index is 0.268. The van der Waals surface area contributed by atoms with E-state index in [1.54, 1.807) is 0 Å². The molecule has 0 saturated carbocycles. The molecule has 1 heterocycles. The second-order valence-corrected chi connectivity index (χ2v) is 5.30. The number of aryl methyl sites for hydroxylation is 1. The van der Waals surface area contributed by atoms with Gasteiger partial charge >= 0.3 is 0 Å². The Morgan fingerprint density at radius 1 is 1.24 bits per heavy atom. The van der Waals surface area contributed by atoms with Gasteiger partial charge in [-0.1, -0.05) is 25.5 Å². The summed E-state index contributed by atoms with van der Waals surface area (Å²) in [5.74, 6) is 0.944. The van der Waals surface area contributed by atoms with Gasteiger partial charge in [0.1, 0.15) is 5.75 Å². The molecule has 1 aromatic carbocycles. The summed E-state index contributed by atoms with van der Waals surface area (Å²) in [5.41, 5.74) is 2.35. The molecule has 0 aliphatic rings. The molecule has 0 spiro atoms. The molecule has 21 heavy (non-hydrogen) atoms. The third-order valence-electron chi connectivity index (χ3n) is 3.58. The van der Waals surface area contributed by atoms with Crippen molar-refractivity contribution in [3.8, 4) is 5.75 Å². The molecule has 0 saturated heterocycles. The quantitative estimate of drug-likeness (QED) is 0.758. The number of hydrogen-bond donors (Lipinski definition) is 1. The predicted molar refractivity (Wildman–Crippen MR) is 85.6 cm³/mol. The zero-order valence-corrected chi connectivity index (χ0v) is 13.2. The number of rotatable bonds is 8. The largest absolute Gasteiger partial charge is 0.494 e. The van der Waals surface area contributed by atoms with E-state index >= 15 is 0 Å². The Morgan fingerprint density at radius 2 is 2.00 bits per heavy atom. The third-order valence-corrected chi connectivity index (χ3v) is 3.58. The standard InChI is InChI=1S/C17H25N3O/c1-4-5-12-21-16-8-6-14(7-9-16)17(18-2)13-15-10-11-20(3)19-15/h6-11,17-18H,4-5,12-13H2,1-3H3. The zero-order valence-electron chi connectivity index (χ0n) is 13.2. The van der Waals surface area contributed by atoms with Crippen LogP contribution in [0.1, 0.15) is 37.1 Å². The Kier molecular flexibility index (Phi) is 5.81. The van der Waals surface area contributed by atoms with Crippen LogP contribution in [0.3, 0.4) is 0 Å². The molecule has 0 aliphatic carbocycles. The van der Waals surface area contributed by atoms with E-state index in [0.29, 0.717) is 0 Å². The van der Waals surface area contributed by atoms with Crippen LogP contribution in [0, 0.1) is 0 Å². The van der Waals surface area contributed by atoms with E-state index in [1.165, 1.54) is 5.56 Å². The molecule has 1 unspecified atom stereocenters. The second kappa shape index (κ2) is 7.84. The number of benzene rings is 1. The molecule has 0 fully saturated rings. The van der Waals surface area contributed by atoms with Crippen LogP contribution in [0.25, 0.3) is 0 Å². The molecule has 1 atom stereocenters. The lowest BCUT2D eigenvalue weighted by atomic mass is 10.0. The molecule has 1 N–H and O–H groups in total. The normalized spacial score (nSPS) is 12.3. The van der Waals surface area contributed by atoms with Gasteiger partial charge in [0.05, 0.1) is 12.3 Å². The lowest BCUT2D eigenvalue weighted by molar-refractivity contribution is 0.309. The highest BCUT2D eigenvalue weighted by Crippen LogP contribution is 2.20. The maximum Gasteiger partial charge on any atom is 0.119 e. The Morgan fingerprint density at radius 3 is 2.57 bits per heavy atom. The number of aromatic nitrogens is 2. The van der Waals surface area contributed by atoms with Gasteiger partial charge in [0.25, 0.3) is 0 Å². The first-order valence-corrected chi connectivity index (χ1v) is 7.61. The second-order valence-electron chi connectivity index (χ2n) is 5.30. The maximum absolute atomic E-state index is 5.70. The van der Waals surface area contributed by atoms with Gasteiger partial charge in [-0.25, -0.2) is 0 Å². The molecular weight excluding hydrogens is 262 g/mol. The molecule has 4 heteroatoms. The summed E-state index contributed by atoms with van der Waals surface area (Å²) in [5, 5.41) is 7.80. The van der Waals surface area contributed by atoms with Crippen molar-refractivity contribution in [1.82, 2.24) is 15.1 Å². The Hall–Kier alpha value is -1.81. The summed E-state index contributed by atoms with van der Waals surface area (Å²) >= 11 is 0. The fourth-order valence-electron chi connectivity index (χ4n) is 2.30. The van der Waals surface area contributed by atoms with Gasteiger partial charge in [0.2, 0.25) is 0 Å². The summed E-state index contributed by atoms with van der Waals surface area (Å²) in [6.45, 7) is 2.96. The van der Waals surface area contributed by atoms with E-state index in [4.69, 9.17) is 4.74 Å². The fraction of sp³-hybridized carbons (Fsp3) is 0.471. The van der Waals surface area contributed by atoms with Crippen molar-refractivity contribution in [2.24, 2.45) is 7.05 Å². The van der Waals surface area contributed by atoms with Crippen molar-refractivity contribution in [2.45, 2.75) is 32.2 Å². The average Bonchev–Trinajstić information content (AvgIpc) is 2.91. The van der Waals surface area contributed by atoms with Gasteiger partial charge < -0.3 is 10.1 Å². The number of unbranched alkanes of at least 4 members (excludes halogenated alkanes) is 1. The molecule has 2 aromatic rings. The first-order chi connectivity index (χ1) is 10.2. The highest BCUT2D eigenvalue weighted by Gasteiger charge is 2.11. The molecule has 4 nitrogen and oxygen atoms in total. The molecule has 0 radical (unpaired) electrons. The summed E-state index contributed by atoms with van der Waals surface area (Å²) in [7, 11) is 3.93. The lowest BCUT2D eigenvalue weighted by Crippen LogP contribution is -2.19. The average molecular weight is 287 g/mol. The minimum Gasteiger partial charge on any atom is -0.494 e. The molecule has 2 rings (SSSR count). The predicted octanol–water partition coefficient (Wildman–Crippen LogP) is 3.10. The summed E-state index contributed by atoms with van der Waals surface area (Å²) in [4.78, 5) is 0. The van der Waals surface area contributed by atoms with Crippen molar-refractivity contribution in [3.63, 3.8) is 0 Å². The van der Waals surface area contributed by atoms with Crippen molar-refractivity contribution in [2.75, 3.05) is 13.7 Å². The van der Waals surface area contributed by atoms with Crippen molar-refractivity contribution < 1.29 is 4.74 Å². The molecule has 1 aromatic heterocycles. The van der Waals surface area contributed by atoms with E-state index in [9.17, 15) is 0 Å². The Labute approximate surface area is 127 Å². The van der Waals surface area contributed by atoms with Crippen LogP contribution in [0.2, 0.25) is 0 Å². The lowest BCUT2D eigenvalue weighted by Gasteiger charge is -2.16. The van der Waals surface area contributed by atoms with Gasteiger partial charge in [-0.3, -0.25) is 4.68 Å². The van der Waals surface area contributed by atoms with Crippen LogP contribution >= 0.6 is 0 Å². The van der Waals surface area contributed by atoms with Gasteiger partial charge in [-0.15, -0.1) is 0 Å². The molecule has 0 aliphatic heterocycles. The van der Waals surface area contributed by atoms with Crippen molar-refractivity contribution in [3.05, 3.63) is 47.8 Å². The van der Waals surface area contributed by atoms with E-state index in [1.807, 2.05) is 37.1 Å². The number of nitrogens with one attached hydrogen (secondary N) is 1. The van der Waals surface area contributed by atoms with Crippen molar-refractivity contribution >= 4 is 0 Å². The summed E-state index contributed by atoms with van der Waals surface area (Å²) in [6, 6.07) is 10.7. The topological polar surface area (TPSA) is 39.1 Å². The van der Waals surface area contributed by atoms with Crippen LogP contribution in [-0.4, -0.2) is 23.4 Å². The minimum absolute atomic E-state index is 0.268. The van der Waals surface area contributed by atoms with Crippen LogP contribution in [0.4, 0.5) is 0 Å². The SMILES string of the molecule is CCCCOc1ccc(C(Cc2ccn(C)n2)NC)cc1. The van der Waals surface area contributed by atoms with Crippen LogP contribution in [0.15, 0.2) is 36.5 Å². The monoisotopic (exact) mass is 287 g/mol. The van der Waals surface area contributed by atoms with E-state index < -0.39 is 0 Å². The smallest absolute Gasteiger partial charge is 0.119 e. The van der Waals surface area contributed by atoms with Crippen LogP contribution in [-0.2, 0) is 13.5 Å². The number of likely N-dealkylation sites (N-methyl/N-ethyl adjacent to an activating group) is 1. The first kappa shape index (κ1) is 15.6. The highest BCUT2D eigenvalue weighted by atomic mass is 16.5. The highest BCUT2D eigenvalue weighted by molar-refractivity contribution is 5.30.